The van der Waals surface area contributed by atoms with Crippen LogP contribution in [-0.4, -0.2) is 37.2 Å². The normalized spacial score (nSPS) is 35.9. The average Bonchev–Trinajstić information content (AvgIpc) is 2.83. The number of esters is 1. The van der Waals surface area contributed by atoms with Crippen molar-refractivity contribution in [1.82, 2.24) is 4.90 Å². The first kappa shape index (κ1) is 16.7. The van der Waals surface area contributed by atoms with E-state index >= 15 is 0 Å². The first-order valence-corrected chi connectivity index (χ1v) is 8.72. The van der Waals surface area contributed by atoms with E-state index in [1.807, 2.05) is 0 Å². The Morgan fingerprint density at radius 1 is 1.23 bits per heavy atom. The van der Waals surface area contributed by atoms with Crippen molar-refractivity contribution < 1.29 is 14.3 Å². The first-order valence-electron chi connectivity index (χ1n) is 7.21. The van der Waals surface area contributed by atoms with Crippen LogP contribution in [0.1, 0.15) is 38.5 Å². The zero-order valence-electron chi connectivity index (χ0n) is 11.7. The molecule has 8 heteroatoms. The zero-order valence-corrected chi connectivity index (χ0v) is 14.7. The van der Waals surface area contributed by atoms with Crippen LogP contribution < -0.4 is 0 Å². The lowest BCUT2D eigenvalue weighted by Gasteiger charge is -2.61. The van der Waals surface area contributed by atoms with E-state index in [4.69, 9.17) is 51.1 Å². The number of alkyl halides is 4. The molecule has 0 aromatic heterocycles. The van der Waals surface area contributed by atoms with Gasteiger partial charge in [-0.05, 0) is 18.9 Å². The Kier molecular flexibility index (Phi) is 4.13. The van der Waals surface area contributed by atoms with Gasteiger partial charge in [0.1, 0.15) is 0 Å². The fourth-order valence-electron chi connectivity index (χ4n) is 3.63. The summed E-state index contributed by atoms with van der Waals surface area (Å²) in [5.74, 6) is -0.880. The fourth-order valence-corrected chi connectivity index (χ4v) is 4.92. The van der Waals surface area contributed by atoms with E-state index in [9.17, 15) is 9.59 Å². The van der Waals surface area contributed by atoms with Crippen molar-refractivity contribution in [2.24, 2.45) is 0 Å². The van der Waals surface area contributed by atoms with E-state index in [0.717, 1.165) is 32.1 Å². The van der Waals surface area contributed by atoms with Crippen LogP contribution in [-0.2, 0) is 14.3 Å². The highest BCUT2D eigenvalue weighted by Gasteiger charge is 2.76. The maximum absolute atomic E-state index is 12.7. The van der Waals surface area contributed by atoms with Gasteiger partial charge in [0.15, 0.2) is 8.67 Å². The summed E-state index contributed by atoms with van der Waals surface area (Å²) in [6, 6.07) is -0.000878. The van der Waals surface area contributed by atoms with Crippen LogP contribution in [0.15, 0.2) is 12.2 Å². The molecule has 0 N–H and O–H groups in total. The van der Waals surface area contributed by atoms with Crippen LogP contribution in [0.5, 0.6) is 0 Å². The van der Waals surface area contributed by atoms with Gasteiger partial charge >= 0.3 is 5.97 Å². The van der Waals surface area contributed by atoms with Crippen LogP contribution in [0, 0.1) is 0 Å². The molecule has 0 unspecified atom stereocenters. The topological polar surface area (TPSA) is 46.6 Å². The zero-order chi connectivity index (χ0) is 16.2. The van der Waals surface area contributed by atoms with Gasteiger partial charge in [-0.25, -0.2) is 4.79 Å². The minimum Gasteiger partial charge on any atom is -0.429 e. The first-order chi connectivity index (χ1) is 10.2. The number of halogens is 4. The lowest BCUT2D eigenvalue weighted by atomic mass is 9.76. The van der Waals surface area contributed by atoms with E-state index in [-0.39, 0.29) is 18.4 Å². The highest BCUT2D eigenvalue weighted by molar-refractivity contribution is 6.68. The number of ether oxygens (including phenoxy) is 1. The van der Waals surface area contributed by atoms with Gasteiger partial charge in [0.2, 0.25) is 5.72 Å². The molecule has 3 aliphatic rings. The van der Waals surface area contributed by atoms with E-state index in [1.54, 1.807) is 4.90 Å². The Bertz CT molecular complexity index is 541. The number of rotatable bonds is 2. The molecule has 1 saturated carbocycles. The molecule has 0 bridgehead atoms. The molecule has 3 rings (SSSR count). The number of hydrogen-bond donors (Lipinski definition) is 0. The smallest absolute Gasteiger partial charge is 0.333 e. The van der Waals surface area contributed by atoms with Gasteiger partial charge in [0, 0.05) is 18.5 Å². The van der Waals surface area contributed by atoms with Crippen molar-refractivity contribution in [3.8, 4) is 0 Å². The van der Waals surface area contributed by atoms with Gasteiger partial charge in [-0.3, -0.25) is 9.69 Å². The maximum Gasteiger partial charge on any atom is 0.333 e. The third-order valence-corrected chi connectivity index (χ3v) is 5.54. The van der Waals surface area contributed by atoms with Crippen molar-refractivity contribution in [1.29, 1.82) is 0 Å². The summed E-state index contributed by atoms with van der Waals surface area (Å²) in [5.41, 5.74) is -1.34. The largest absolute Gasteiger partial charge is 0.429 e. The van der Waals surface area contributed by atoms with Gasteiger partial charge in [0.25, 0.3) is 5.91 Å². The van der Waals surface area contributed by atoms with Crippen molar-refractivity contribution in [2.75, 3.05) is 0 Å². The molecule has 1 saturated heterocycles. The van der Waals surface area contributed by atoms with E-state index < -0.39 is 20.4 Å². The Labute approximate surface area is 148 Å². The Morgan fingerprint density at radius 2 is 1.86 bits per heavy atom. The molecule has 0 radical (unpaired) electrons. The number of hydrogen-bond acceptors (Lipinski definition) is 3. The minimum atomic E-state index is -1.72. The van der Waals surface area contributed by atoms with Crippen LogP contribution >= 0.6 is 46.4 Å². The summed E-state index contributed by atoms with van der Waals surface area (Å²) in [7, 11) is 0. The third kappa shape index (κ3) is 2.43. The Balaban J connectivity index is 1.94. The Hall–Kier alpha value is -0.160. The molecule has 122 valence electrons. The molecular weight excluding hydrogens is 372 g/mol. The number of β-lactam (4-membered cyclic amide) rings is 1. The lowest BCUT2D eigenvalue weighted by molar-refractivity contribution is -0.220. The number of likely N-dealkylation sites (tertiary alicyclic amines) is 1. The van der Waals surface area contributed by atoms with E-state index in [1.165, 1.54) is 12.2 Å². The predicted octanol–water partition coefficient (Wildman–Crippen LogP) is 3.71. The highest BCUT2D eigenvalue weighted by atomic mass is 35.6. The summed E-state index contributed by atoms with van der Waals surface area (Å²) in [6.07, 6.45) is 7.49. The van der Waals surface area contributed by atoms with Gasteiger partial charge in [-0.1, -0.05) is 54.1 Å². The molecule has 1 aliphatic carbocycles. The molecule has 2 fully saturated rings. The van der Waals surface area contributed by atoms with Gasteiger partial charge in [-0.15, -0.1) is 11.6 Å². The highest BCUT2D eigenvalue weighted by Crippen LogP contribution is 2.57. The van der Waals surface area contributed by atoms with Crippen molar-refractivity contribution in [3.63, 3.8) is 0 Å². The quantitative estimate of drug-likeness (QED) is 0.413. The molecule has 0 aromatic carbocycles. The molecule has 2 atom stereocenters. The molecule has 0 aromatic rings. The average molecular weight is 387 g/mol. The van der Waals surface area contributed by atoms with Crippen LogP contribution in [0.2, 0.25) is 0 Å². The summed E-state index contributed by atoms with van der Waals surface area (Å²) < 4.78 is 3.71. The summed E-state index contributed by atoms with van der Waals surface area (Å²) in [6.45, 7) is 0. The molecule has 2 heterocycles. The fraction of sp³-hybridized carbons (Fsp3) is 0.714. The lowest BCUT2D eigenvalue weighted by Crippen LogP contribution is -2.82. The van der Waals surface area contributed by atoms with Crippen LogP contribution in [0.3, 0.4) is 0 Å². The number of carbonyl (C=O) groups is 2. The van der Waals surface area contributed by atoms with Gasteiger partial charge < -0.3 is 4.74 Å². The molecule has 1 amide bonds. The minimum absolute atomic E-state index is 0.000878. The molecule has 2 aliphatic heterocycles. The third-order valence-electron chi connectivity index (χ3n) is 4.57. The monoisotopic (exact) mass is 385 g/mol. The second kappa shape index (κ2) is 5.44. The second-order valence-corrected chi connectivity index (χ2v) is 9.17. The summed E-state index contributed by atoms with van der Waals surface area (Å²) in [5, 5.41) is 0. The van der Waals surface area contributed by atoms with Crippen molar-refractivity contribution in [2.45, 2.75) is 59.0 Å². The summed E-state index contributed by atoms with van der Waals surface area (Å²) >= 11 is 24.0. The Morgan fingerprint density at radius 3 is 2.36 bits per heavy atom. The number of nitrogens with zero attached hydrogens (tertiary/aromatic N) is 1. The van der Waals surface area contributed by atoms with Gasteiger partial charge in [-0.2, -0.15) is 0 Å². The van der Waals surface area contributed by atoms with E-state index in [2.05, 4.69) is 0 Å². The van der Waals surface area contributed by atoms with E-state index in [0.29, 0.717) is 0 Å². The number of amides is 1. The molecule has 22 heavy (non-hydrogen) atoms. The van der Waals surface area contributed by atoms with Crippen molar-refractivity contribution in [3.05, 3.63) is 12.2 Å². The molecule has 1 spiro atoms. The second-order valence-electron chi connectivity index (χ2n) is 6.01. The standard InChI is InChI=1S/C14H15Cl4NO3/c15-12(8-14(16,17)18)11(21)19(9-4-2-1-3-5-9)13(12)7-6-10(20)22-13/h6-7,9H,1-5,8H2/t12-,13+/m1/s1. The maximum atomic E-state index is 12.7. The molecular formula is C14H15Cl4NO3. The summed E-state index contributed by atoms with van der Waals surface area (Å²) in [4.78, 5) is 24.4. The van der Waals surface area contributed by atoms with Crippen LogP contribution in [0.25, 0.3) is 0 Å². The van der Waals surface area contributed by atoms with Crippen molar-refractivity contribution >= 4 is 58.3 Å². The van der Waals surface area contributed by atoms with Gasteiger partial charge in [0.05, 0.1) is 0 Å². The number of carbonyl (C=O) groups excluding carboxylic acids is 2. The van der Waals surface area contributed by atoms with Crippen LogP contribution in [0.4, 0.5) is 0 Å². The SMILES string of the molecule is O=C1C=C[C@@]2(O1)N(C1CCCCC1)C(=O)[C@]2(Cl)CC(Cl)(Cl)Cl. The molecule has 4 nitrogen and oxygen atoms in total. The predicted molar refractivity (Wildman–Crippen MR) is 85.2 cm³/mol.